The summed E-state index contributed by atoms with van der Waals surface area (Å²) in [5.41, 5.74) is 10.1. The molecule has 0 unspecified atom stereocenters. The van der Waals surface area contributed by atoms with Crippen molar-refractivity contribution >= 4 is 38.4 Å². The first-order chi connectivity index (χ1) is 27.7. The highest BCUT2D eigenvalue weighted by atomic mass is 15.0. The molecule has 56 heavy (non-hydrogen) atoms. The number of pyridine rings is 1. The summed E-state index contributed by atoms with van der Waals surface area (Å²) in [6, 6.07) is 58.0. The molecule has 7 nitrogen and oxygen atoms in total. The van der Waals surface area contributed by atoms with Crippen molar-refractivity contribution in [2.24, 2.45) is 0 Å². The van der Waals surface area contributed by atoms with E-state index in [2.05, 4.69) is 23.0 Å². The van der Waals surface area contributed by atoms with Crippen LogP contribution < -0.4 is 0 Å². The van der Waals surface area contributed by atoms with Gasteiger partial charge in [0, 0.05) is 44.2 Å². The number of hydrogen-bond donors (Lipinski definition) is 0. The fourth-order valence-electron chi connectivity index (χ4n) is 7.28. The molecule has 10 aromatic rings. The number of para-hydroxylation sites is 1. The van der Waals surface area contributed by atoms with Gasteiger partial charge < -0.3 is 0 Å². The van der Waals surface area contributed by atoms with Gasteiger partial charge in [0.2, 0.25) is 0 Å². The van der Waals surface area contributed by atoms with Crippen LogP contribution in [0.15, 0.2) is 176 Å². The van der Waals surface area contributed by atoms with Crippen LogP contribution in [0.1, 0.15) is 0 Å². The molecule has 0 radical (unpaired) electrons. The Morgan fingerprint density at radius 3 is 1.39 bits per heavy atom. The fraction of sp³-hybridized carbons (Fsp3) is 0. The minimum Gasteiger partial charge on any atom is -0.247 e. The molecule has 0 saturated heterocycles. The van der Waals surface area contributed by atoms with E-state index in [0.717, 1.165) is 66.4 Å². The molecule has 0 bridgehead atoms. The van der Waals surface area contributed by atoms with Crippen LogP contribution in [0.2, 0.25) is 0 Å². The zero-order valence-corrected chi connectivity index (χ0v) is 29.9. The number of rotatable bonds is 6. The summed E-state index contributed by atoms with van der Waals surface area (Å²) in [5.74, 6) is 1.70. The van der Waals surface area contributed by atoms with Gasteiger partial charge in [-0.2, -0.15) is 0 Å². The minimum absolute atomic E-state index is 0.488. The molecule has 0 amide bonds. The largest absolute Gasteiger partial charge is 0.247 e. The Hall–Kier alpha value is -7.95. The van der Waals surface area contributed by atoms with Gasteiger partial charge in [0.25, 0.3) is 0 Å². The number of aromatic nitrogens is 6. The lowest BCUT2D eigenvalue weighted by Gasteiger charge is -2.16. The van der Waals surface area contributed by atoms with Crippen LogP contribution in [-0.4, -0.2) is 29.9 Å². The molecule has 10 rings (SSSR count). The summed E-state index contributed by atoms with van der Waals surface area (Å²) in [5, 5.41) is 2.43. The highest BCUT2D eigenvalue weighted by molar-refractivity contribution is 6.24. The van der Waals surface area contributed by atoms with E-state index in [1.54, 1.807) is 0 Å². The zero-order valence-electron chi connectivity index (χ0n) is 29.9. The Labute approximate surface area is 322 Å². The maximum absolute atomic E-state index is 8.41. The van der Waals surface area contributed by atoms with Crippen LogP contribution in [0.25, 0.3) is 105 Å². The van der Waals surface area contributed by atoms with Crippen molar-refractivity contribution < 1.29 is 0 Å². The second-order valence-corrected chi connectivity index (χ2v) is 13.4. The van der Waals surface area contributed by atoms with Crippen LogP contribution in [0, 0.1) is 6.57 Å². The first-order valence-electron chi connectivity index (χ1n) is 18.2. The van der Waals surface area contributed by atoms with Crippen molar-refractivity contribution in [2.45, 2.75) is 0 Å². The van der Waals surface area contributed by atoms with E-state index in [1.807, 2.05) is 158 Å². The van der Waals surface area contributed by atoms with Gasteiger partial charge in [0.1, 0.15) is 0 Å². The molecule has 0 fully saturated rings. The van der Waals surface area contributed by atoms with Crippen molar-refractivity contribution in [2.75, 3.05) is 0 Å². The Bertz CT molecular complexity index is 3070. The molecule has 0 aliphatic heterocycles. The molecule has 0 saturated carbocycles. The van der Waals surface area contributed by atoms with Crippen molar-refractivity contribution in [1.29, 1.82) is 0 Å². The van der Waals surface area contributed by atoms with E-state index < -0.39 is 0 Å². The van der Waals surface area contributed by atoms with Gasteiger partial charge in [-0.3, -0.25) is 0 Å². The summed E-state index contributed by atoms with van der Waals surface area (Å²) < 4.78 is 0. The van der Waals surface area contributed by atoms with E-state index in [1.165, 1.54) is 0 Å². The summed E-state index contributed by atoms with van der Waals surface area (Å²) >= 11 is 0. The average molecular weight is 716 g/mol. The van der Waals surface area contributed by atoms with Gasteiger partial charge in [0.15, 0.2) is 23.2 Å². The van der Waals surface area contributed by atoms with Gasteiger partial charge in [-0.05, 0) is 23.6 Å². The van der Waals surface area contributed by atoms with Gasteiger partial charge in [-0.1, -0.05) is 158 Å². The quantitative estimate of drug-likeness (QED) is 0.126. The molecule has 3 heterocycles. The number of benzene rings is 7. The molecule has 0 spiro atoms. The van der Waals surface area contributed by atoms with E-state index in [-0.39, 0.29) is 0 Å². The third kappa shape index (κ3) is 5.79. The standard InChI is InChI=1S/C49H29N7/c1-50-39-30-40-46(53-45(32-19-8-3-9-20-32)44(52-40)31-17-6-2-7-18-31)42-41(39)37-27-14-15-28-38(37)51-43(42)35-25-16-26-36(29-35)49-55-47(33-21-10-4-11-22-33)54-48(56-49)34-23-12-5-13-24-34/h2-30H. The predicted octanol–water partition coefficient (Wildman–Crippen LogP) is 12.1. The van der Waals surface area contributed by atoms with E-state index in [4.69, 9.17) is 36.5 Å². The molecule has 0 aliphatic rings. The predicted molar refractivity (Wildman–Crippen MR) is 225 cm³/mol. The molecule has 0 atom stereocenters. The van der Waals surface area contributed by atoms with Crippen LogP contribution in [0.4, 0.5) is 5.69 Å². The lowest BCUT2D eigenvalue weighted by atomic mass is 9.95. The molecular formula is C49H29N7. The maximum Gasteiger partial charge on any atom is 0.197 e. The smallest absolute Gasteiger partial charge is 0.197 e. The normalized spacial score (nSPS) is 11.2. The maximum atomic E-state index is 8.41. The summed E-state index contributed by atoms with van der Waals surface area (Å²) in [7, 11) is 0. The summed E-state index contributed by atoms with van der Waals surface area (Å²) in [6.45, 7) is 8.41. The van der Waals surface area contributed by atoms with Gasteiger partial charge >= 0.3 is 0 Å². The minimum atomic E-state index is 0.488. The van der Waals surface area contributed by atoms with Crippen LogP contribution in [0.5, 0.6) is 0 Å². The lowest BCUT2D eigenvalue weighted by molar-refractivity contribution is 1.07. The van der Waals surface area contributed by atoms with Gasteiger partial charge in [-0.15, -0.1) is 0 Å². The van der Waals surface area contributed by atoms with Crippen molar-refractivity contribution in [3.05, 3.63) is 187 Å². The molecule has 7 heteroatoms. The second-order valence-electron chi connectivity index (χ2n) is 13.4. The van der Waals surface area contributed by atoms with E-state index in [9.17, 15) is 0 Å². The SMILES string of the molecule is [C-]#[N+]c1cc2nc(-c3ccccc3)c(-c3ccccc3)nc2c2c(-c3cccc(-c4nc(-c5ccccc5)nc(-c5ccccc5)n4)c3)nc3ccccc3c12. The summed E-state index contributed by atoms with van der Waals surface area (Å²) in [6.07, 6.45) is 0. The Balaban J connectivity index is 1.26. The van der Waals surface area contributed by atoms with Crippen LogP contribution in [-0.2, 0) is 0 Å². The monoisotopic (exact) mass is 715 g/mol. The third-order valence-electron chi connectivity index (χ3n) is 9.89. The molecule has 3 aromatic heterocycles. The van der Waals surface area contributed by atoms with Crippen LogP contribution in [0.3, 0.4) is 0 Å². The zero-order chi connectivity index (χ0) is 37.4. The first kappa shape index (κ1) is 32.7. The highest BCUT2D eigenvalue weighted by Gasteiger charge is 2.22. The number of hydrogen-bond acceptors (Lipinski definition) is 6. The number of nitrogens with zero attached hydrogens (tertiary/aromatic N) is 7. The van der Waals surface area contributed by atoms with E-state index in [0.29, 0.717) is 39.9 Å². The molecule has 260 valence electrons. The Kier molecular flexibility index (Phi) is 8.05. The highest BCUT2D eigenvalue weighted by Crippen LogP contribution is 2.44. The topological polar surface area (TPSA) is 81.7 Å². The van der Waals surface area contributed by atoms with Gasteiger partial charge in [-0.25, -0.2) is 34.7 Å². The van der Waals surface area contributed by atoms with E-state index >= 15 is 0 Å². The van der Waals surface area contributed by atoms with Crippen molar-refractivity contribution in [3.8, 4) is 67.9 Å². The Morgan fingerprint density at radius 1 is 0.339 bits per heavy atom. The van der Waals surface area contributed by atoms with Gasteiger partial charge in [0.05, 0.1) is 40.2 Å². The molecule has 0 N–H and O–H groups in total. The van der Waals surface area contributed by atoms with Crippen LogP contribution >= 0.6 is 0 Å². The van der Waals surface area contributed by atoms with Crippen molar-refractivity contribution in [1.82, 2.24) is 29.9 Å². The lowest BCUT2D eigenvalue weighted by Crippen LogP contribution is -2.00. The molecule has 0 aliphatic carbocycles. The number of fused-ring (bicyclic) bond motifs is 5. The van der Waals surface area contributed by atoms with Crippen molar-refractivity contribution in [3.63, 3.8) is 0 Å². The third-order valence-corrected chi connectivity index (χ3v) is 9.89. The average Bonchev–Trinajstić information content (AvgIpc) is 3.29. The first-order valence-corrected chi connectivity index (χ1v) is 18.2. The molecular weight excluding hydrogens is 687 g/mol. The Morgan fingerprint density at radius 2 is 0.804 bits per heavy atom. The molecule has 7 aromatic carbocycles. The fourth-order valence-corrected chi connectivity index (χ4v) is 7.28. The second kappa shape index (κ2) is 13.8. The summed E-state index contributed by atoms with van der Waals surface area (Å²) in [4.78, 5) is 35.0.